The molecule has 100 valence electrons. The van der Waals surface area contributed by atoms with Crippen molar-refractivity contribution in [2.75, 3.05) is 0 Å². The van der Waals surface area contributed by atoms with Crippen LogP contribution in [0.25, 0.3) is 0 Å². The van der Waals surface area contributed by atoms with Gasteiger partial charge in [-0.25, -0.2) is 4.39 Å². The van der Waals surface area contributed by atoms with Crippen LogP contribution in [0.4, 0.5) is 4.39 Å². The minimum Gasteiger partial charge on any atom is -0.307 e. The third-order valence-corrected chi connectivity index (χ3v) is 4.43. The second-order valence-corrected chi connectivity index (χ2v) is 5.43. The quantitative estimate of drug-likeness (QED) is 0.823. The third kappa shape index (κ3) is 2.59. The topological polar surface area (TPSA) is 12.0 Å². The largest absolute Gasteiger partial charge is 0.307 e. The van der Waals surface area contributed by atoms with Crippen molar-refractivity contribution in [1.82, 2.24) is 5.32 Å². The van der Waals surface area contributed by atoms with Gasteiger partial charge in [0.1, 0.15) is 5.82 Å². The number of hydrogen-bond acceptors (Lipinski definition) is 1. The zero-order chi connectivity index (χ0) is 13.1. The fourth-order valence-corrected chi connectivity index (χ4v) is 3.23. The van der Waals surface area contributed by atoms with E-state index < -0.39 is 0 Å². The van der Waals surface area contributed by atoms with Crippen LogP contribution in [0.5, 0.6) is 0 Å². The summed E-state index contributed by atoms with van der Waals surface area (Å²) in [5.74, 6) is 0.676. The maximum atomic E-state index is 13.7. The highest BCUT2D eigenvalue weighted by atomic mass is 19.1. The van der Waals surface area contributed by atoms with Crippen LogP contribution in [-0.2, 0) is 6.42 Å². The summed E-state index contributed by atoms with van der Waals surface area (Å²) >= 11 is 0. The van der Waals surface area contributed by atoms with Crippen molar-refractivity contribution in [1.29, 1.82) is 0 Å². The van der Waals surface area contributed by atoms with Gasteiger partial charge in [-0.05, 0) is 42.9 Å². The molecule has 0 aliphatic heterocycles. The molecule has 2 unspecified atom stereocenters. The summed E-state index contributed by atoms with van der Waals surface area (Å²) in [5, 5.41) is 3.70. The normalized spacial score (nSPS) is 20.2. The molecule has 1 aromatic carbocycles. The van der Waals surface area contributed by atoms with Gasteiger partial charge >= 0.3 is 0 Å². The van der Waals surface area contributed by atoms with E-state index in [0.29, 0.717) is 18.0 Å². The van der Waals surface area contributed by atoms with Crippen molar-refractivity contribution in [3.8, 4) is 0 Å². The fourth-order valence-electron chi connectivity index (χ4n) is 3.23. The molecule has 0 spiro atoms. The van der Waals surface area contributed by atoms with E-state index in [1.807, 2.05) is 6.07 Å². The Morgan fingerprint density at radius 1 is 1.33 bits per heavy atom. The van der Waals surface area contributed by atoms with Crippen LogP contribution in [0, 0.1) is 11.7 Å². The van der Waals surface area contributed by atoms with Gasteiger partial charge in [0.2, 0.25) is 0 Å². The number of fused-ring (bicyclic) bond motifs is 1. The van der Waals surface area contributed by atoms with Crippen LogP contribution in [-0.4, -0.2) is 6.04 Å². The molecule has 2 heteroatoms. The predicted octanol–water partition coefficient (Wildman–Crippen LogP) is 4.23. The Bertz CT molecular complexity index is 398. The SMILES string of the molecule is CCC(CC)C(C)NC1CCc2c(F)cccc21. The molecule has 2 atom stereocenters. The first-order valence-corrected chi connectivity index (χ1v) is 7.20. The molecule has 0 saturated carbocycles. The van der Waals surface area contributed by atoms with Crippen LogP contribution < -0.4 is 5.32 Å². The molecule has 0 amide bonds. The van der Waals surface area contributed by atoms with Crippen molar-refractivity contribution in [3.63, 3.8) is 0 Å². The van der Waals surface area contributed by atoms with Crippen molar-refractivity contribution in [3.05, 3.63) is 35.1 Å². The van der Waals surface area contributed by atoms with Crippen molar-refractivity contribution < 1.29 is 4.39 Å². The summed E-state index contributed by atoms with van der Waals surface area (Å²) in [5.41, 5.74) is 2.10. The monoisotopic (exact) mass is 249 g/mol. The highest BCUT2D eigenvalue weighted by Gasteiger charge is 2.27. The van der Waals surface area contributed by atoms with Crippen molar-refractivity contribution >= 4 is 0 Å². The molecule has 0 radical (unpaired) electrons. The van der Waals surface area contributed by atoms with E-state index in [1.54, 1.807) is 6.07 Å². The van der Waals surface area contributed by atoms with Crippen LogP contribution in [0.1, 0.15) is 57.2 Å². The van der Waals surface area contributed by atoms with Gasteiger partial charge in [-0.15, -0.1) is 0 Å². The summed E-state index contributed by atoms with van der Waals surface area (Å²) in [4.78, 5) is 0. The predicted molar refractivity (Wildman–Crippen MR) is 74.1 cm³/mol. The van der Waals surface area contributed by atoms with Gasteiger partial charge in [0.05, 0.1) is 0 Å². The fraction of sp³-hybridized carbons (Fsp3) is 0.625. The molecule has 1 nitrogen and oxygen atoms in total. The molecule has 1 aliphatic carbocycles. The first kappa shape index (κ1) is 13.5. The highest BCUT2D eigenvalue weighted by molar-refractivity contribution is 5.35. The Hall–Kier alpha value is -0.890. The highest BCUT2D eigenvalue weighted by Crippen LogP contribution is 2.33. The van der Waals surface area contributed by atoms with Gasteiger partial charge in [0.25, 0.3) is 0 Å². The van der Waals surface area contributed by atoms with Gasteiger partial charge in [-0.2, -0.15) is 0 Å². The number of benzene rings is 1. The Balaban J connectivity index is 2.08. The lowest BCUT2D eigenvalue weighted by atomic mass is 9.94. The molecule has 0 saturated heterocycles. The van der Waals surface area contributed by atoms with E-state index in [0.717, 1.165) is 18.4 Å². The van der Waals surface area contributed by atoms with Crippen molar-refractivity contribution in [2.24, 2.45) is 5.92 Å². The number of nitrogens with one attached hydrogen (secondary N) is 1. The number of halogens is 1. The van der Waals surface area contributed by atoms with E-state index in [2.05, 4.69) is 32.2 Å². The smallest absolute Gasteiger partial charge is 0.126 e. The van der Waals surface area contributed by atoms with E-state index in [1.165, 1.54) is 18.4 Å². The van der Waals surface area contributed by atoms with Gasteiger partial charge in [0.15, 0.2) is 0 Å². The maximum absolute atomic E-state index is 13.7. The lowest BCUT2D eigenvalue weighted by Gasteiger charge is -2.26. The van der Waals surface area contributed by atoms with Crippen LogP contribution in [0.15, 0.2) is 18.2 Å². The summed E-state index contributed by atoms with van der Waals surface area (Å²) in [6.07, 6.45) is 4.30. The molecule has 0 bridgehead atoms. The number of rotatable bonds is 5. The maximum Gasteiger partial charge on any atom is 0.126 e. The Morgan fingerprint density at radius 2 is 2.06 bits per heavy atom. The first-order chi connectivity index (χ1) is 8.67. The number of hydrogen-bond donors (Lipinski definition) is 1. The first-order valence-electron chi connectivity index (χ1n) is 7.20. The van der Waals surface area contributed by atoms with Crippen LogP contribution >= 0.6 is 0 Å². The van der Waals surface area contributed by atoms with Gasteiger partial charge < -0.3 is 5.32 Å². The third-order valence-electron chi connectivity index (χ3n) is 4.43. The zero-order valence-electron chi connectivity index (χ0n) is 11.7. The molecule has 1 N–H and O–H groups in total. The van der Waals surface area contributed by atoms with Crippen LogP contribution in [0.2, 0.25) is 0 Å². The average molecular weight is 249 g/mol. The van der Waals surface area contributed by atoms with E-state index in [9.17, 15) is 4.39 Å². The van der Waals surface area contributed by atoms with E-state index in [4.69, 9.17) is 0 Å². The minimum absolute atomic E-state index is 0.0352. The summed E-state index contributed by atoms with van der Waals surface area (Å²) < 4.78 is 13.7. The van der Waals surface area contributed by atoms with Gasteiger partial charge in [0, 0.05) is 12.1 Å². The minimum atomic E-state index is -0.0352. The summed E-state index contributed by atoms with van der Waals surface area (Å²) in [6.45, 7) is 6.75. The van der Waals surface area contributed by atoms with Gasteiger partial charge in [-0.3, -0.25) is 0 Å². The molecule has 1 aliphatic rings. The standard InChI is InChI=1S/C16H24FN/c1-4-12(5-2)11(3)18-16-10-9-13-14(16)7-6-8-15(13)17/h6-8,11-12,16,18H,4-5,9-10H2,1-3H3. The van der Waals surface area contributed by atoms with E-state index in [-0.39, 0.29) is 5.82 Å². The summed E-state index contributed by atoms with van der Waals surface area (Å²) in [6, 6.07) is 6.31. The molecular weight excluding hydrogens is 225 g/mol. The second-order valence-electron chi connectivity index (χ2n) is 5.43. The molecule has 2 rings (SSSR count). The van der Waals surface area contributed by atoms with Gasteiger partial charge in [-0.1, -0.05) is 38.8 Å². The van der Waals surface area contributed by atoms with E-state index >= 15 is 0 Å². The average Bonchev–Trinajstić information content (AvgIpc) is 2.76. The van der Waals surface area contributed by atoms with Crippen molar-refractivity contribution in [2.45, 2.75) is 58.5 Å². The lowest BCUT2D eigenvalue weighted by molar-refractivity contribution is 0.322. The Labute approximate surface area is 110 Å². The Kier molecular flexibility index (Phi) is 4.39. The molecule has 18 heavy (non-hydrogen) atoms. The summed E-state index contributed by atoms with van der Waals surface area (Å²) in [7, 11) is 0. The van der Waals surface area contributed by atoms with Crippen LogP contribution in [0.3, 0.4) is 0 Å². The molecule has 0 fully saturated rings. The zero-order valence-corrected chi connectivity index (χ0v) is 11.7. The second kappa shape index (κ2) is 5.83. The molecule has 0 aromatic heterocycles. The lowest BCUT2D eigenvalue weighted by Crippen LogP contribution is -2.35. The Morgan fingerprint density at radius 3 is 2.72 bits per heavy atom. The molecular formula is C16H24FN. The molecule has 0 heterocycles. The molecule has 1 aromatic rings.